The number of hydrogen-bond acceptors (Lipinski definition) is 4. The summed E-state index contributed by atoms with van der Waals surface area (Å²) in [6, 6.07) is 0. The minimum Gasteiger partial charge on any atom is -0.373 e. The SMILES string of the molecule is C#C[C@]1(O)C=C[C@H]2[C@@H]3CCC4=CC(=O)CC[C@@H]4[C@H]3CC[C@@]21CC.CC(=O)[C@H]1CC[C@H]2[C@@H]3CCC4=CC(=O)CC[C@]4(C)[C@H]3CC[C@]12C. The number of hydrogen-bond donors (Lipinski definition) is 1. The molecule has 4 nitrogen and oxygen atoms in total. The van der Waals surface area contributed by atoms with Crippen molar-refractivity contribution in [2.24, 2.45) is 63.6 Å². The van der Waals surface area contributed by atoms with E-state index in [0.717, 1.165) is 82.0 Å². The molecule has 0 aromatic rings. The molecule has 5 fully saturated rings. The van der Waals surface area contributed by atoms with Gasteiger partial charge in [-0.3, -0.25) is 14.4 Å². The molecule has 248 valence electrons. The van der Waals surface area contributed by atoms with E-state index in [1.165, 1.54) is 36.8 Å². The lowest BCUT2D eigenvalue weighted by atomic mass is 9.47. The van der Waals surface area contributed by atoms with E-state index in [1.54, 1.807) is 6.92 Å². The predicted octanol–water partition coefficient (Wildman–Crippen LogP) is 8.38. The van der Waals surface area contributed by atoms with E-state index in [2.05, 4.69) is 32.8 Å². The van der Waals surface area contributed by atoms with Gasteiger partial charge in [0, 0.05) is 24.2 Å². The van der Waals surface area contributed by atoms with Gasteiger partial charge in [0.15, 0.2) is 11.6 Å². The molecular formula is C42H56O4. The molecule has 0 aromatic heterocycles. The maximum atomic E-state index is 12.1. The van der Waals surface area contributed by atoms with Crippen molar-refractivity contribution in [1.82, 2.24) is 0 Å². The zero-order valence-electron chi connectivity index (χ0n) is 28.8. The van der Waals surface area contributed by atoms with Crippen LogP contribution in [0.25, 0.3) is 0 Å². The number of rotatable bonds is 2. The molecule has 46 heavy (non-hydrogen) atoms. The molecule has 8 aliphatic rings. The molecular weight excluding hydrogens is 568 g/mol. The topological polar surface area (TPSA) is 71.4 Å². The van der Waals surface area contributed by atoms with Gasteiger partial charge in [0.1, 0.15) is 11.4 Å². The number of allylic oxidation sites excluding steroid dienone is 4. The van der Waals surface area contributed by atoms with Crippen molar-refractivity contribution in [3.8, 4) is 12.3 Å². The molecule has 0 heterocycles. The third-order valence-electron chi connectivity index (χ3n) is 16.0. The van der Waals surface area contributed by atoms with Crippen LogP contribution in [-0.2, 0) is 14.4 Å². The van der Waals surface area contributed by atoms with Gasteiger partial charge in [-0.15, -0.1) is 6.42 Å². The molecule has 8 rings (SSSR count). The van der Waals surface area contributed by atoms with Crippen molar-refractivity contribution < 1.29 is 19.5 Å². The summed E-state index contributed by atoms with van der Waals surface area (Å²) in [6.07, 6.45) is 29.7. The van der Waals surface area contributed by atoms with Crippen molar-refractivity contribution >= 4 is 17.3 Å². The number of ketones is 3. The average molecular weight is 625 g/mol. The Morgan fingerprint density at radius 2 is 1.63 bits per heavy atom. The highest BCUT2D eigenvalue weighted by Crippen LogP contribution is 2.67. The molecule has 5 saturated carbocycles. The molecule has 0 bridgehead atoms. The second-order valence-corrected chi connectivity index (χ2v) is 17.3. The lowest BCUT2D eigenvalue weighted by molar-refractivity contribution is -0.128. The fourth-order valence-corrected chi connectivity index (χ4v) is 13.6. The van der Waals surface area contributed by atoms with E-state index < -0.39 is 5.60 Å². The fourth-order valence-electron chi connectivity index (χ4n) is 13.6. The lowest BCUT2D eigenvalue weighted by Gasteiger charge is -2.58. The largest absolute Gasteiger partial charge is 0.373 e. The molecule has 4 heteroatoms. The van der Waals surface area contributed by atoms with Crippen LogP contribution < -0.4 is 0 Å². The zero-order chi connectivity index (χ0) is 32.6. The van der Waals surface area contributed by atoms with Gasteiger partial charge < -0.3 is 5.11 Å². The summed E-state index contributed by atoms with van der Waals surface area (Å²) in [5.41, 5.74) is 2.10. The van der Waals surface area contributed by atoms with Gasteiger partial charge in [0.05, 0.1) is 0 Å². The molecule has 0 unspecified atom stereocenters. The monoisotopic (exact) mass is 624 g/mol. The first-order valence-electron chi connectivity index (χ1n) is 18.8. The van der Waals surface area contributed by atoms with Crippen LogP contribution in [0.15, 0.2) is 35.5 Å². The van der Waals surface area contributed by atoms with Crippen molar-refractivity contribution in [2.45, 2.75) is 130 Å². The van der Waals surface area contributed by atoms with Gasteiger partial charge in [-0.25, -0.2) is 0 Å². The van der Waals surface area contributed by atoms with Crippen LogP contribution in [0.5, 0.6) is 0 Å². The molecule has 0 spiro atoms. The predicted molar refractivity (Wildman–Crippen MR) is 181 cm³/mol. The summed E-state index contributed by atoms with van der Waals surface area (Å²) in [4.78, 5) is 35.7. The zero-order valence-corrected chi connectivity index (χ0v) is 28.8. The Balaban J connectivity index is 0.000000147. The van der Waals surface area contributed by atoms with Crippen molar-refractivity contribution in [1.29, 1.82) is 0 Å². The Kier molecular flexibility index (Phi) is 8.03. The van der Waals surface area contributed by atoms with Crippen LogP contribution in [0.1, 0.15) is 124 Å². The Labute approximate surface area is 277 Å². The Hall–Kier alpha value is -2.25. The standard InChI is InChI=1S/C21H30O2.C21H26O2/c1-13(22)17-6-7-18-16-5-4-14-12-15(23)8-10-20(14,2)19(16)9-11-21(17,18)3;1-3-20-11-9-17-16-8-6-15(22)13-14(16)5-7-18(17)19(20)10-12-21(20,23)4-2/h12,16-19H,4-11H2,1-3H3;2,10,12-13,16-19,23H,3,5-9,11H2,1H3/t16-,17+,18-,19-,20-,21+;16-,17+,18+,19-,20-,21-/m00/s1. The highest BCUT2D eigenvalue weighted by Gasteiger charge is 2.62. The highest BCUT2D eigenvalue weighted by atomic mass is 16.3. The quantitative estimate of drug-likeness (QED) is 0.248. The van der Waals surface area contributed by atoms with Gasteiger partial charge in [0.2, 0.25) is 0 Å². The molecule has 0 radical (unpaired) electrons. The van der Waals surface area contributed by atoms with Crippen molar-refractivity contribution in [2.75, 3.05) is 0 Å². The molecule has 0 aliphatic heterocycles. The summed E-state index contributed by atoms with van der Waals surface area (Å²) in [6.45, 7) is 8.82. The van der Waals surface area contributed by atoms with Gasteiger partial charge in [0.25, 0.3) is 0 Å². The molecule has 1 N–H and O–H groups in total. The molecule has 0 amide bonds. The van der Waals surface area contributed by atoms with Gasteiger partial charge in [-0.2, -0.15) is 0 Å². The summed E-state index contributed by atoms with van der Waals surface area (Å²) in [5.74, 6) is 8.57. The number of Topliss-reactive ketones (excluding diaryl/α,β-unsaturated/α-hetero) is 1. The first kappa shape index (κ1) is 32.3. The smallest absolute Gasteiger partial charge is 0.155 e. The van der Waals surface area contributed by atoms with Crippen LogP contribution in [0.4, 0.5) is 0 Å². The van der Waals surface area contributed by atoms with E-state index in [9.17, 15) is 19.5 Å². The first-order chi connectivity index (χ1) is 21.9. The summed E-state index contributed by atoms with van der Waals surface area (Å²) < 4.78 is 0. The maximum Gasteiger partial charge on any atom is 0.155 e. The van der Waals surface area contributed by atoms with E-state index in [1.807, 2.05) is 18.2 Å². The summed E-state index contributed by atoms with van der Waals surface area (Å²) in [7, 11) is 0. The molecule has 0 saturated heterocycles. The van der Waals surface area contributed by atoms with Gasteiger partial charge in [-0.1, -0.05) is 43.9 Å². The van der Waals surface area contributed by atoms with Crippen LogP contribution in [-0.4, -0.2) is 28.1 Å². The Bertz CT molecular complexity index is 1440. The van der Waals surface area contributed by atoms with Crippen molar-refractivity contribution in [3.05, 3.63) is 35.5 Å². The molecule has 8 aliphatic carbocycles. The van der Waals surface area contributed by atoms with E-state index in [0.29, 0.717) is 53.4 Å². The van der Waals surface area contributed by atoms with Crippen LogP contribution in [0, 0.1) is 75.9 Å². The van der Waals surface area contributed by atoms with Gasteiger partial charge >= 0.3 is 0 Å². The highest BCUT2D eigenvalue weighted by molar-refractivity contribution is 5.92. The lowest BCUT2D eigenvalue weighted by Crippen LogP contribution is -2.54. The number of terminal acetylenes is 1. The van der Waals surface area contributed by atoms with E-state index in [-0.39, 0.29) is 16.2 Å². The summed E-state index contributed by atoms with van der Waals surface area (Å²) >= 11 is 0. The number of carbonyl (C=O) groups excluding carboxylic acids is 3. The minimum absolute atomic E-state index is 0.172. The first-order valence-corrected chi connectivity index (χ1v) is 18.8. The Morgan fingerprint density at radius 3 is 2.37 bits per heavy atom. The third-order valence-corrected chi connectivity index (χ3v) is 16.0. The van der Waals surface area contributed by atoms with Gasteiger partial charge in [-0.05, 0) is 161 Å². The molecule has 0 aromatic carbocycles. The normalized spacial score (nSPS) is 48.5. The number of fused-ring (bicyclic) bond motifs is 10. The van der Waals surface area contributed by atoms with Crippen LogP contribution in [0.2, 0.25) is 0 Å². The Morgan fingerprint density at radius 1 is 0.870 bits per heavy atom. The average Bonchev–Trinajstić information content (AvgIpc) is 3.56. The van der Waals surface area contributed by atoms with Crippen LogP contribution >= 0.6 is 0 Å². The molecule has 12 atom stereocenters. The van der Waals surface area contributed by atoms with Crippen LogP contribution in [0.3, 0.4) is 0 Å². The van der Waals surface area contributed by atoms with E-state index in [4.69, 9.17) is 6.42 Å². The second kappa shape index (κ2) is 11.4. The third kappa shape index (κ3) is 4.60. The van der Waals surface area contributed by atoms with Crippen molar-refractivity contribution in [3.63, 3.8) is 0 Å². The fraction of sp³-hybridized carbons (Fsp3) is 0.738. The number of aliphatic hydroxyl groups is 1. The summed E-state index contributed by atoms with van der Waals surface area (Å²) in [5, 5.41) is 11.0. The minimum atomic E-state index is -1.07. The van der Waals surface area contributed by atoms with E-state index >= 15 is 0 Å². The second-order valence-electron chi connectivity index (χ2n) is 17.3. The number of carbonyl (C=O) groups is 3. The maximum absolute atomic E-state index is 12.1.